The van der Waals surface area contributed by atoms with Crippen LogP contribution in [0.5, 0.6) is 0 Å². The first-order valence-corrected chi connectivity index (χ1v) is 12.7. The summed E-state index contributed by atoms with van der Waals surface area (Å²) in [4.78, 5) is 37.9. The van der Waals surface area contributed by atoms with Crippen LogP contribution in [0.4, 0.5) is 0 Å². The van der Waals surface area contributed by atoms with Gasteiger partial charge in [0.1, 0.15) is 0 Å². The molecule has 0 spiro atoms. The Bertz CT molecular complexity index is 806. The van der Waals surface area contributed by atoms with E-state index in [2.05, 4.69) is 34.6 Å². The summed E-state index contributed by atoms with van der Waals surface area (Å²) < 4.78 is 5.62. The van der Waals surface area contributed by atoms with Crippen molar-refractivity contribution in [2.24, 2.45) is 35.0 Å². The van der Waals surface area contributed by atoms with Gasteiger partial charge >= 0.3 is 5.97 Å². The highest BCUT2D eigenvalue weighted by molar-refractivity contribution is 6.03. The smallest absolute Gasteiger partial charge is 0.332 e. The molecule has 2 saturated carbocycles. The number of ether oxygens (including phenoxy) is 1. The van der Waals surface area contributed by atoms with Crippen molar-refractivity contribution in [3.63, 3.8) is 0 Å². The van der Waals surface area contributed by atoms with Crippen molar-refractivity contribution < 1.29 is 19.1 Å². The van der Waals surface area contributed by atoms with Gasteiger partial charge in [-0.2, -0.15) is 0 Å². The molecule has 2 fully saturated rings. The Balaban J connectivity index is 1.74. The van der Waals surface area contributed by atoms with E-state index in [9.17, 15) is 14.4 Å². The van der Waals surface area contributed by atoms with Crippen LogP contribution in [0.25, 0.3) is 0 Å². The van der Waals surface area contributed by atoms with Crippen LogP contribution in [0, 0.1) is 35.0 Å². The van der Waals surface area contributed by atoms with Crippen molar-refractivity contribution in [3.8, 4) is 0 Å². The molecule has 3 aliphatic rings. The van der Waals surface area contributed by atoms with Gasteiger partial charge in [0, 0.05) is 18.1 Å². The Labute approximate surface area is 194 Å². The van der Waals surface area contributed by atoms with Gasteiger partial charge in [-0.1, -0.05) is 53.5 Å². The number of Topliss-reactive ketones (excluding diaryl/α,β-unsaturated/α-hetero) is 1. The first-order chi connectivity index (χ1) is 15.0. The Morgan fingerprint density at radius 1 is 1.12 bits per heavy atom. The van der Waals surface area contributed by atoms with Gasteiger partial charge in [-0.05, 0) is 80.1 Å². The molecule has 0 aromatic rings. The Kier molecular flexibility index (Phi) is 7.51. The summed E-state index contributed by atoms with van der Waals surface area (Å²) in [7, 11) is 0. The van der Waals surface area contributed by atoms with Gasteiger partial charge in [-0.15, -0.1) is 0 Å². The summed E-state index contributed by atoms with van der Waals surface area (Å²) in [5.41, 5.74) is -0.436. The van der Waals surface area contributed by atoms with Crippen LogP contribution in [0.15, 0.2) is 23.8 Å². The van der Waals surface area contributed by atoms with Crippen LogP contribution < -0.4 is 0 Å². The third-order valence-electron chi connectivity index (χ3n) is 9.08. The van der Waals surface area contributed by atoms with Gasteiger partial charge in [-0.25, -0.2) is 4.79 Å². The standard InChI is InChI=1S/C28H42O4/c1-18(2)19(3)10-11-20(4)22-12-13-23-21(24(29)14-16-27(22,23)5)17-26(31)32-28(6)15-8-7-9-25(28)30/h7,9,17-20,22-23H,8,10-16H2,1-6H3/b21-17+/t19?,20?,22-,23+,27-,28-/m1/s1. The molecule has 3 rings (SSSR count). The van der Waals surface area contributed by atoms with Crippen molar-refractivity contribution in [2.75, 3.05) is 0 Å². The minimum Gasteiger partial charge on any atom is -0.448 e. The molecule has 0 N–H and O–H groups in total. The molecule has 3 aliphatic carbocycles. The first kappa shape index (κ1) is 24.9. The number of hydrogen-bond donors (Lipinski definition) is 0. The summed E-state index contributed by atoms with van der Waals surface area (Å²) >= 11 is 0. The van der Waals surface area contributed by atoms with Crippen LogP contribution in [0.3, 0.4) is 0 Å². The molecule has 0 bridgehead atoms. The van der Waals surface area contributed by atoms with Gasteiger partial charge in [0.25, 0.3) is 0 Å². The second-order valence-electron chi connectivity index (χ2n) is 11.5. The van der Waals surface area contributed by atoms with E-state index in [0.717, 1.165) is 25.2 Å². The largest absolute Gasteiger partial charge is 0.448 e. The fourth-order valence-corrected chi connectivity index (χ4v) is 6.36. The minimum absolute atomic E-state index is 0.0494. The normalized spacial score (nSPS) is 35.8. The fraction of sp³-hybridized carbons (Fsp3) is 0.750. The van der Waals surface area contributed by atoms with Crippen LogP contribution >= 0.6 is 0 Å². The Hall–Kier alpha value is -1.71. The molecule has 0 radical (unpaired) electrons. The molecule has 0 aliphatic heterocycles. The lowest BCUT2D eigenvalue weighted by atomic mass is 9.60. The van der Waals surface area contributed by atoms with E-state index in [0.29, 0.717) is 42.6 Å². The predicted molar refractivity (Wildman–Crippen MR) is 127 cm³/mol. The fourth-order valence-electron chi connectivity index (χ4n) is 6.36. The number of rotatable bonds is 7. The molecule has 0 aromatic heterocycles. The maximum atomic E-state index is 12.9. The van der Waals surface area contributed by atoms with E-state index in [1.54, 1.807) is 6.92 Å². The maximum absolute atomic E-state index is 12.9. The molecular weight excluding hydrogens is 400 g/mol. The number of carbonyl (C=O) groups is 3. The van der Waals surface area contributed by atoms with Crippen molar-refractivity contribution >= 4 is 17.5 Å². The highest BCUT2D eigenvalue weighted by Crippen LogP contribution is 2.59. The van der Waals surface area contributed by atoms with Crippen LogP contribution in [0.1, 0.15) is 92.9 Å². The highest BCUT2D eigenvalue weighted by Gasteiger charge is 2.53. The van der Waals surface area contributed by atoms with Gasteiger partial charge < -0.3 is 4.74 Å². The number of hydrogen-bond acceptors (Lipinski definition) is 4. The second-order valence-corrected chi connectivity index (χ2v) is 11.5. The topological polar surface area (TPSA) is 60.4 Å². The zero-order chi connectivity index (χ0) is 23.7. The zero-order valence-electron chi connectivity index (χ0n) is 20.9. The average molecular weight is 443 g/mol. The summed E-state index contributed by atoms with van der Waals surface area (Å²) in [5.74, 6) is 2.06. The number of allylic oxidation sites excluding steroid dienone is 2. The van der Waals surface area contributed by atoms with Crippen molar-refractivity contribution in [1.29, 1.82) is 0 Å². The van der Waals surface area contributed by atoms with E-state index in [-0.39, 0.29) is 22.9 Å². The quantitative estimate of drug-likeness (QED) is 0.346. The third kappa shape index (κ3) is 4.94. The lowest BCUT2D eigenvalue weighted by molar-refractivity contribution is -0.160. The van der Waals surface area contributed by atoms with Crippen LogP contribution in [-0.4, -0.2) is 23.1 Å². The molecule has 178 valence electrons. The number of carbonyl (C=O) groups excluding carboxylic acids is 3. The lowest BCUT2D eigenvalue weighted by Gasteiger charge is -2.44. The van der Waals surface area contributed by atoms with Crippen molar-refractivity contribution in [2.45, 2.75) is 98.5 Å². The second kappa shape index (κ2) is 9.65. The molecule has 2 unspecified atom stereocenters. The maximum Gasteiger partial charge on any atom is 0.332 e. The van der Waals surface area contributed by atoms with E-state index in [4.69, 9.17) is 4.74 Å². The molecule has 0 amide bonds. The number of esters is 1. The average Bonchev–Trinajstić information content (AvgIpc) is 3.08. The van der Waals surface area contributed by atoms with Gasteiger partial charge in [-0.3, -0.25) is 9.59 Å². The third-order valence-corrected chi connectivity index (χ3v) is 9.08. The van der Waals surface area contributed by atoms with E-state index >= 15 is 0 Å². The predicted octanol–water partition coefficient (Wildman–Crippen LogP) is 6.24. The molecule has 4 heteroatoms. The van der Waals surface area contributed by atoms with E-state index in [1.165, 1.54) is 25.0 Å². The molecule has 0 saturated heterocycles. The summed E-state index contributed by atoms with van der Waals surface area (Å²) in [6.07, 6.45) is 11.9. The molecular formula is C28H42O4. The van der Waals surface area contributed by atoms with Crippen molar-refractivity contribution in [1.82, 2.24) is 0 Å². The van der Waals surface area contributed by atoms with Gasteiger partial charge in [0.15, 0.2) is 17.2 Å². The molecule has 0 heterocycles. The summed E-state index contributed by atoms with van der Waals surface area (Å²) in [6.45, 7) is 13.3. The lowest BCUT2D eigenvalue weighted by Crippen LogP contribution is -2.41. The van der Waals surface area contributed by atoms with Gasteiger partial charge in [0.2, 0.25) is 0 Å². The number of fused-ring (bicyclic) bond motifs is 1. The van der Waals surface area contributed by atoms with Gasteiger partial charge in [0.05, 0.1) is 0 Å². The van der Waals surface area contributed by atoms with E-state index in [1.807, 2.05) is 6.08 Å². The Morgan fingerprint density at radius 3 is 2.50 bits per heavy atom. The zero-order valence-corrected chi connectivity index (χ0v) is 20.9. The number of ketones is 2. The molecule has 6 atom stereocenters. The SMILES string of the molecule is CC(C)C(C)CCC(C)[C@H]1CC[C@H]2/C(=C\C(=O)O[C@]3(C)CCC=CC3=O)C(=O)CC[C@]12C. The van der Waals surface area contributed by atoms with Crippen LogP contribution in [0.2, 0.25) is 0 Å². The highest BCUT2D eigenvalue weighted by atomic mass is 16.6. The molecule has 32 heavy (non-hydrogen) atoms. The van der Waals surface area contributed by atoms with Crippen molar-refractivity contribution in [3.05, 3.63) is 23.8 Å². The summed E-state index contributed by atoms with van der Waals surface area (Å²) in [5, 5.41) is 0. The summed E-state index contributed by atoms with van der Waals surface area (Å²) in [6, 6.07) is 0. The Morgan fingerprint density at radius 2 is 1.84 bits per heavy atom. The molecule has 0 aromatic carbocycles. The van der Waals surface area contributed by atoms with Crippen LogP contribution in [-0.2, 0) is 19.1 Å². The van der Waals surface area contributed by atoms with E-state index < -0.39 is 11.6 Å². The molecule has 4 nitrogen and oxygen atoms in total. The minimum atomic E-state index is -1.12. The first-order valence-electron chi connectivity index (χ1n) is 12.7. The monoisotopic (exact) mass is 442 g/mol.